The fourth-order valence-electron chi connectivity index (χ4n) is 2.48. The molecule has 0 bridgehead atoms. The van der Waals surface area contributed by atoms with E-state index in [4.69, 9.17) is 9.15 Å². The van der Waals surface area contributed by atoms with Crippen LogP contribution in [0.5, 0.6) is 5.75 Å². The Morgan fingerprint density at radius 2 is 2.11 bits per heavy atom. The molecule has 3 rings (SSSR count). The SMILES string of the molecule is Cc1cccc2oc(=O)c3c(c12)OC(C)(C)C(O)C3. The van der Waals surface area contributed by atoms with E-state index in [0.717, 1.165) is 10.9 Å². The molecule has 1 aromatic carbocycles. The number of aryl methyl sites for hydroxylation is 1. The quantitative estimate of drug-likeness (QED) is 0.737. The van der Waals surface area contributed by atoms with Crippen LogP contribution < -0.4 is 10.4 Å². The second kappa shape index (κ2) is 3.84. The summed E-state index contributed by atoms with van der Waals surface area (Å²) >= 11 is 0. The van der Waals surface area contributed by atoms with Crippen molar-refractivity contribution >= 4 is 11.0 Å². The van der Waals surface area contributed by atoms with Crippen molar-refractivity contribution < 1.29 is 14.3 Å². The molecule has 0 amide bonds. The van der Waals surface area contributed by atoms with Crippen LogP contribution in [-0.4, -0.2) is 16.8 Å². The molecule has 0 spiro atoms. The summed E-state index contributed by atoms with van der Waals surface area (Å²) in [6.07, 6.45) is -0.459. The van der Waals surface area contributed by atoms with Gasteiger partial charge < -0.3 is 14.3 Å². The highest BCUT2D eigenvalue weighted by Crippen LogP contribution is 2.38. The predicted octanol–water partition coefficient (Wildman–Crippen LogP) is 2.18. The maximum atomic E-state index is 12.0. The van der Waals surface area contributed by atoms with Crippen molar-refractivity contribution in [3.8, 4) is 5.75 Å². The third-order valence-electron chi connectivity index (χ3n) is 3.75. The van der Waals surface area contributed by atoms with E-state index in [9.17, 15) is 9.90 Å². The zero-order valence-electron chi connectivity index (χ0n) is 11.2. The summed E-state index contributed by atoms with van der Waals surface area (Å²) in [6, 6.07) is 5.55. The molecule has 1 atom stereocenters. The normalized spacial score (nSPS) is 20.9. The monoisotopic (exact) mass is 260 g/mol. The van der Waals surface area contributed by atoms with Crippen molar-refractivity contribution in [3.05, 3.63) is 39.7 Å². The zero-order chi connectivity index (χ0) is 13.8. The lowest BCUT2D eigenvalue weighted by Crippen LogP contribution is -2.47. The average molecular weight is 260 g/mol. The van der Waals surface area contributed by atoms with Gasteiger partial charge in [-0.2, -0.15) is 0 Å². The third-order valence-corrected chi connectivity index (χ3v) is 3.75. The van der Waals surface area contributed by atoms with Gasteiger partial charge in [0.1, 0.15) is 16.9 Å². The highest BCUT2D eigenvalue weighted by atomic mass is 16.5. The number of hydrogen-bond acceptors (Lipinski definition) is 4. The van der Waals surface area contributed by atoms with Crippen molar-refractivity contribution in [3.63, 3.8) is 0 Å². The zero-order valence-corrected chi connectivity index (χ0v) is 11.2. The minimum absolute atomic E-state index is 0.259. The highest BCUT2D eigenvalue weighted by molar-refractivity contribution is 5.88. The van der Waals surface area contributed by atoms with Gasteiger partial charge in [-0.15, -0.1) is 0 Å². The molecule has 0 saturated heterocycles. The topological polar surface area (TPSA) is 59.7 Å². The third kappa shape index (κ3) is 1.75. The molecule has 1 aromatic heterocycles. The number of fused-ring (bicyclic) bond motifs is 3. The van der Waals surface area contributed by atoms with E-state index in [0.29, 0.717) is 16.9 Å². The second-order valence-corrected chi connectivity index (χ2v) is 5.57. The number of aliphatic hydroxyl groups excluding tert-OH is 1. The smallest absolute Gasteiger partial charge is 0.343 e. The van der Waals surface area contributed by atoms with Crippen molar-refractivity contribution in [1.29, 1.82) is 0 Å². The van der Waals surface area contributed by atoms with E-state index in [2.05, 4.69) is 0 Å². The molecule has 4 heteroatoms. The number of benzene rings is 1. The summed E-state index contributed by atoms with van der Waals surface area (Å²) in [5.74, 6) is 0.555. The van der Waals surface area contributed by atoms with E-state index in [1.165, 1.54) is 0 Å². The van der Waals surface area contributed by atoms with Crippen LogP contribution in [0.3, 0.4) is 0 Å². The van der Waals surface area contributed by atoms with Crippen molar-refractivity contribution in [2.75, 3.05) is 0 Å². The standard InChI is InChI=1S/C15H16O4/c1-8-5-4-6-10-12(8)13-9(14(17)18-10)7-11(16)15(2,3)19-13/h4-6,11,16H,7H2,1-3H3. The Labute approximate surface area is 110 Å². The molecule has 1 aliphatic heterocycles. The molecule has 19 heavy (non-hydrogen) atoms. The highest BCUT2D eigenvalue weighted by Gasteiger charge is 2.38. The van der Waals surface area contributed by atoms with Gasteiger partial charge in [0.05, 0.1) is 17.1 Å². The minimum Gasteiger partial charge on any atom is -0.484 e. The van der Waals surface area contributed by atoms with Gasteiger partial charge in [0.15, 0.2) is 0 Å². The van der Waals surface area contributed by atoms with Gasteiger partial charge in [-0.1, -0.05) is 12.1 Å². The maximum absolute atomic E-state index is 12.0. The molecule has 4 nitrogen and oxygen atoms in total. The molecule has 0 radical (unpaired) electrons. The first-order valence-electron chi connectivity index (χ1n) is 6.32. The molecule has 1 unspecified atom stereocenters. The van der Waals surface area contributed by atoms with Crippen molar-refractivity contribution in [1.82, 2.24) is 0 Å². The molecular formula is C15H16O4. The molecule has 2 heterocycles. The first-order chi connectivity index (χ1) is 8.90. The van der Waals surface area contributed by atoms with E-state index >= 15 is 0 Å². The Bertz CT molecular complexity index is 712. The Morgan fingerprint density at radius 1 is 1.37 bits per heavy atom. The van der Waals surface area contributed by atoms with Gasteiger partial charge in [-0.25, -0.2) is 4.79 Å². The molecule has 0 fully saturated rings. The van der Waals surface area contributed by atoms with Crippen molar-refractivity contribution in [2.24, 2.45) is 0 Å². The van der Waals surface area contributed by atoms with Gasteiger partial charge in [0.25, 0.3) is 0 Å². The molecular weight excluding hydrogens is 244 g/mol. The van der Waals surface area contributed by atoms with E-state index in [1.807, 2.05) is 32.9 Å². The first kappa shape index (κ1) is 12.2. The van der Waals surface area contributed by atoms with E-state index < -0.39 is 17.3 Å². The maximum Gasteiger partial charge on any atom is 0.343 e. The Balaban J connectivity index is 2.39. The molecule has 100 valence electrons. The summed E-state index contributed by atoms with van der Waals surface area (Å²) in [7, 11) is 0. The summed E-state index contributed by atoms with van der Waals surface area (Å²) in [5, 5.41) is 10.9. The van der Waals surface area contributed by atoms with Crippen LogP contribution in [0.1, 0.15) is 25.0 Å². The number of ether oxygens (including phenoxy) is 1. The van der Waals surface area contributed by atoms with E-state index in [-0.39, 0.29) is 6.42 Å². The lowest BCUT2D eigenvalue weighted by atomic mass is 9.90. The van der Waals surface area contributed by atoms with Gasteiger partial charge >= 0.3 is 5.63 Å². The summed E-state index contributed by atoms with van der Waals surface area (Å²) in [5.41, 5.74) is 0.799. The Morgan fingerprint density at radius 3 is 2.84 bits per heavy atom. The number of aliphatic hydroxyl groups is 1. The van der Waals surface area contributed by atoms with Gasteiger partial charge in [0.2, 0.25) is 0 Å². The van der Waals surface area contributed by atoms with Crippen LogP contribution in [0.25, 0.3) is 11.0 Å². The Hall–Kier alpha value is -1.81. The van der Waals surface area contributed by atoms with Crippen LogP contribution in [0.15, 0.2) is 27.4 Å². The molecule has 1 aliphatic rings. The molecule has 2 aromatic rings. The molecule has 0 aliphatic carbocycles. The minimum atomic E-state index is -0.718. The fraction of sp³-hybridized carbons (Fsp3) is 0.400. The van der Waals surface area contributed by atoms with Crippen molar-refractivity contribution in [2.45, 2.75) is 38.9 Å². The van der Waals surface area contributed by atoms with Crippen LogP contribution >= 0.6 is 0 Å². The fourth-order valence-corrected chi connectivity index (χ4v) is 2.48. The van der Waals surface area contributed by atoms with Crippen LogP contribution in [0, 0.1) is 6.92 Å². The van der Waals surface area contributed by atoms with Gasteiger partial charge in [0, 0.05) is 6.42 Å². The van der Waals surface area contributed by atoms with Crippen LogP contribution in [0.4, 0.5) is 0 Å². The Kier molecular flexibility index (Phi) is 2.47. The predicted molar refractivity (Wildman–Crippen MR) is 71.6 cm³/mol. The average Bonchev–Trinajstić information content (AvgIpc) is 2.31. The first-order valence-corrected chi connectivity index (χ1v) is 6.32. The summed E-state index contributed by atoms with van der Waals surface area (Å²) in [6.45, 7) is 5.59. The van der Waals surface area contributed by atoms with Gasteiger partial charge in [-0.3, -0.25) is 0 Å². The van der Waals surface area contributed by atoms with Crippen LogP contribution in [-0.2, 0) is 6.42 Å². The largest absolute Gasteiger partial charge is 0.484 e. The molecule has 1 N–H and O–H groups in total. The van der Waals surface area contributed by atoms with E-state index in [1.54, 1.807) is 6.07 Å². The van der Waals surface area contributed by atoms with Crippen LogP contribution in [0.2, 0.25) is 0 Å². The lowest BCUT2D eigenvalue weighted by molar-refractivity contribution is -0.0410. The second-order valence-electron chi connectivity index (χ2n) is 5.57. The number of rotatable bonds is 0. The number of hydrogen-bond donors (Lipinski definition) is 1. The van der Waals surface area contributed by atoms with Gasteiger partial charge in [-0.05, 0) is 32.4 Å². The summed E-state index contributed by atoms with van der Waals surface area (Å²) in [4.78, 5) is 12.0. The lowest BCUT2D eigenvalue weighted by Gasteiger charge is -2.36. The molecule has 0 saturated carbocycles. The summed E-state index contributed by atoms with van der Waals surface area (Å²) < 4.78 is 11.2.